The Bertz CT molecular complexity index is 436. The van der Waals surface area contributed by atoms with E-state index < -0.39 is 0 Å². The molecular weight excluding hydrogens is 178 g/mol. The minimum absolute atomic E-state index is 0.200. The largest absolute Gasteiger partial charge is 0.506 e. The molecular formula is C10H11N3O. The van der Waals surface area contributed by atoms with Crippen LogP contribution in [0.15, 0.2) is 36.5 Å². The molecule has 4 heteroatoms. The van der Waals surface area contributed by atoms with Crippen LogP contribution >= 0.6 is 0 Å². The Labute approximate surface area is 81.6 Å². The van der Waals surface area contributed by atoms with Crippen LogP contribution in [-0.4, -0.2) is 14.9 Å². The third-order valence-electron chi connectivity index (χ3n) is 2.04. The van der Waals surface area contributed by atoms with Gasteiger partial charge in [0, 0.05) is 12.7 Å². The maximum atomic E-state index is 9.60. The Morgan fingerprint density at radius 1 is 1.29 bits per heavy atom. The predicted octanol–water partition coefficient (Wildman–Crippen LogP) is 1.04. The van der Waals surface area contributed by atoms with Crippen LogP contribution in [0.4, 0.5) is 0 Å². The maximum absolute atomic E-state index is 9.60. The second kappa shape index (κ2) is 3.51. The van der Waals surface area contributed by atoms with Crippen LogP contribution in [-0.2, 0) is 6.54 Å². The number of aromatic hydroxyl groups is 1. The van der Waals surface area contributed by atoms with Gasteiger partial charge >= 0.3 is 0 Å². The molecule has 0 radical (unpaired) electrons. The highest BCUT2D eigenvalue weighted by Crippen LogP contribution is 2.20. The van der Waals surface area contributed by atoms with Gasteiger partial charge in [-0.3, -0.25) is 0 Å². The van der Waals surface area contributed by atoms with E-state index in [0.29, 0.717) is 12.2 Å². The predicted molar refractivity (Wildman–Crippen MR) is 53.1 cm³/mol. The minimum Gasteiger partial charge on any atom is -0.506 e. The number of hydrogen-bond donors (Lipinski definition) is 2. The molecule has 1 heterocycles. The van der Waals surface area contributed by atoms with Gasteiger partial charge in [0.2, 0.25) is 0 Å². The van der Waals surface area contributed by atoms with E-state index in [1.54, 1.807) is 29.1 Å². The quantitative estimate of drug-likeness (QED) is 0.741. The van der Waals surface area contributed by atoms with Gasteiger partial charge in [-0.15, -0.1) is 0 Å². The number of nitrogens with zero attached hydrogens (tertiary/aromatic N) is 2. The molecule has 0 aliphatic rings. The van der Waals surface area contributed by atoms with Crippen molar-refractivity contribution in [3.05, 3.63) is 42.2 Å². The summed E-state index contributed by atoms with van der Waals surface area (Å²) in [5.74, 6) is 0.200. The Balaban J connectivity index is 2.54. The molecule has 3 N–H and O–H groups in total. The van der Waals surface area contributed by atoms with Gasteiger partial charge in [0.05, 0.1) is 5.69 Å². The van der Waals surface area contributed by atoms with Gasteiger partial charge in [-0.25, -0.2) is 4.68 Å². The molecule has 0 atom stereocenters. The van der Waals surface area contributed by atoms with Crippen LogP contribution < -0.4 is 5.73 Å². The molecule has 0 aliphatic heterocycles. The molecule has 2 rings (SSSR count). The molecule has 0 amide bonds. The van der Waals surface area contributed by atoms with E-state index in [2.05, 4.69) is 5.10 Å². The molecule has 0 saturated heterocycles. The van der Waals surface area contributed by atoms with Crippen molar-refractivity contribution in [1.29, 1.82) is 0 Å². The van der Waals surface area contributed by atoms with Crippen molar-refractivity contribution >= 4 is 0 Å². The van der Waals surface area contributed by atoms with E-state index in [0.717, 1.165) is 5.69 Å². The number of phenols is 1. The number of nitrogens with two attached hydrogens (primary N) is 1. The topological polar surface area (TPSA) is 64.1 Å². The second-order valence-corrected chi connectivity index (χ2v) is 2.93. The Morgan fingerprint density at radius 2 is 2.07 bits per heavy atom. The number of phenolic OH excluding ortho intramolecular Hbond substituents is 1. The van der Waals surface area contributed by atoms with Gasteiger partial charge < -0.3 is 10.8 Å². The van der Waals surface area contributed by atoms with Gasteiger partial charge in [0.25, 0.3) is 0 Å². The highest BCUT2D eigenvalue weighted by atomic mass is 16.3. The number of aromatic nitrogens is 2. The Kier molecular flexibility index (Phi) is 2.20. The lowest BCUT2D eigenvalue weighted by Gasteiger charge is -2.06. The fraction of sp³-hybridized carbons (Fsp3) is 0.100. The van der Waals surface area contributed by atoms with Crippen molar-refractivity contribution in [3.63, 3.8) is 0 Å². The molecule has 14 heavy (non-hydrogen) atoms. The van der Waals surface area contributed by atoms with E-state index in [1.807, 2.05) is 12.1 Å². The second-order valence-electron chi connectivity index (χ2n) is 2.93. The number of rotatable bonds is 2. The van der Waals surface area contributed by atoms with Crippen molar-refractivity contribution in [1.82, 2.24) is 9.78 Å². The van der Waals surface area contributed by atoms with Crippen molar-refractivity contribution in [2.75, 3.05) is 0 Å². The lowest BCUT2D eigenvalue weighted by atomic mass is 10.3. The third-order valence-corrected chi connectivity index (χ3v) is 2.04. The first kappa shape index (κ1) is 8.77. The molecule has 0 saturated carbocycles. The SMILES string of the molecule is NCc1ccnn1-c1ccccc1O. The van der Waals surface area contributed by atoms with Crippen molar-refractivity contribution in [3.8, 4) is 11.4 Å². The molecule has 0 bridgehead atoms. The Morgan fingerprint density at radius 3 is 2.79 bits per heavy atom. The minimum atomic E-state index is 0.200. The van der Waals surface area contributed by atoms with Crippen molar-refractivity contribution < 1.29 is 5.11 Å². The first-order valence-electron chi connectivity index (χ1n) is 4.34. The number of para-hydroxylation sites is 2. The summed E-state index contributed by atoms with van der Waals surface area (Å²) in [6.07, 6.45) is 1.66. The Hall–Kier alpha value is -1.81. The normalized spacial score (nSPS) is 10.4. The van der Waals surface area contributed by atoms with Crippen LogP contribution in [0, 0.1) is 0 Å². The zero-order chi connectivity index (χ0) is 9.97. The summed E-state index contributed by atoms with van der Waals surface area (Å²) in [5, 5.41) is 13.7. The highest BCUT2D eigenvalue weighted by molar-refractivity contribution is 5.45. The van der Waals surface area contributed by atoms with Crippen molar-refractivity contribution in [2.24, 2.45) is 5.73 Å². The van der Waals surface area contributed by atoms with E-state index in [-0.39, 0.29) is 5.75 Å². The molecule has 0 fully saturated rings. The average molecular weight is 189 g/mol. The zero-order valence-corrected chi connectivity index (χ0v) is 7.59. The first-order valence-corrected chi connectivity index (χ1v) is 4.34. The molecule has 4 nitrogen and oxygen atoms in total. The van der Waals surface area contributed by atoms with Gasteiger partial charge in [-0.2, -0.15) is 5.10 Å². The molecule has 2 aromatic rings. The van der Waals surface area contributed by atoms with E-state index in [9.17, 15) is 5.11 Å². The lowest BCUT2D eigenvalue weighted by Crippen LogP contribution is -2.06. The fourth-order valence-electron chi connectivity index (χ4n) is 1.35. The van der Waals surface area contributed by atoms with Crippen LogP contribution in [0.25, 0.3) is 5.69 Å². The summed E-state index contributed by atoms with van der Waals surface area (Å²) >= 11 is 0. The number of hydrogen-bond acceptors (Lipinski definition) is 3. The lowest BCUT2D eigenvalue weighted by molar-refractivity contribution is 0.469. The van der Waals surface area contributed by atoms with Gasteiger partial charge in [-0.05, 0) is 18.2 Å². The standard InChI is InChI=1S/C10H11N3O/c11-7-8-5-6-12-13(8)9-3-1-2-4-10(9)14/h1-6,14H,7,11H2. The van der Waals surface area contributed by atoms with Crippen LogP contribution in [0.3, 0.4) is 0 Å². The third kappa shape index (κ3) is 1.36. The molecule has 0 spiro atoms. The number of benzene rings is 1. The van der Waals surface area contributed by atoms with E-state index in [1.165, 1.54) is 0 Å². The van der Waals surface area contributed by atoms with Crippen LogP contribution in [0.2, 0.25) is 0 Å². The monoisotopic (exact) mass is 189 g/mol. The summed E-state index contributed by atoms with van der Waals surface area (Å²) in [6.45, 7) is 0.397. The van der Waals surface area contributed by atoms with Crippen LogP contribution in [0.1, 0.15) is 5.69 Å². The average Bonchev–Trinajstić information content (AvgIpc) is 2.66. The van der Waals surface area contributed by atoms with E-state index >= 15 is 0 Å². The first-order chi connectivity index (χ1) is 6.83. The molecule has 1 aromatic carbocycles. The molecule has 0 aliphatic carbocycles. The van der Waals surface area contributed by atoms with Crippen LogP contribution in [0.5, 0.6) is 5.75 Å². The molecule has 0 unspecified atom stereocenters. The van der Waals surface area contributed by atoms with Crippen molar-refractivity contribution in [2.45, 2.75) is 6.54 Å². The smallest absolute Gasteiger partial charge is 0.141 e. The van der Waals surface area contributed by atoms with E-state index in [4.69, 9.17) is 5.73 Å². The summed E-state index contributed by atoms with van der Waals surface area (Å²) in [7, 11) is 0. The molecule has 72 valence electrons. The van der Waals surface area contributed by atoms with Gasteiger partial charge in [-0.1, -0.05) is 12.1 Å². The summed E-state index contributed by atoms with van der Waals surface area (Å²) in [5.41, 5.74) is 7.06. The summed E-state index contributed by atoms with van der Waals surface area (Å²) in [4.78, 5) is 0. The fourth-order valence-corrected chi connectivity index (χ4v) is 1.35. The van der Waals surface area contributed by atoms with Gasteiger partial charge in [0.15, 0.2) is 0 Å². The zero-order valence-electron chi connectivity index (χ0n) is 7.59. The summed E-state index contributed by atoms with van der Waals surface area (Å²) in [6, 6.07) is 8.85. The maximum Gasteiger partial charge on any atom is 0.141 e. The highest BCUT2D eigenvalue weighted by Gasteiger charge is 2.06. The van der Waals surface area contributed by atoms with Gasteiger partial charge in [0.1, 0.15) is 11.4 Å². The molecule has 1 aromatic heterocycles. The summed E-state index contributed by atoms with van der Waals surface area (Å²) < 4.78 is 1.63.